The zero-order chi connectivity index (χ0) is 10.5. The monoisotopic (exact) mass is 260 g/mol. The first-order valence-electron chi connectivity index (χ1n) is 3.14. The van der Waals surface area contributed by atoms with E-state index < -0.39 is 9.58 Å². The lowest BCUT2D eigenvalue weighted by atomic mass is 10.4. The third-order valence-electron chi connectivity index (χ3n) is 0.956. The van der Waals surface area contributed by atoms with Crippen molar-refractivity contribution < 1.29 is 4.79 Å². The van der Waals surface area contributed by atoms with Gasteiger partial charge in [-0.1, -0.05) is 34.8 Å². The Labute approximate surface area is 96.4 Å². The first kappa shape index (κ1) is 13.0. The Bertz CT molecular complexity index is 237. The maximum Gasteiger partial charge on any atom is 0.252 e. The molecule has 7 heteroatoms. The van der Waals surface area contributed by atoms with Crippen LogP contribution >= 0.6 is 47.0 Å². The van der Waals surface area contributed by atoms with Crippen LogP contribution in [-0.2, 0) is 4.79 Å². The van der Waals surface area contributed by atoms with E-state index in [1.807, 2.05) is 0 Å². The average Bonchev–Trinajstić information content (AvgIpc) is 2.02. The summed E-state index contributed by atoms with van der Waals surface area (Å²) < 4.78 is -1.92. The average molecular weight is 262 g/mol. The molecule has 0 aromatic carbocycles. The van der Waals surface area contributed by atoms with Crippen LogP contribution in [0.5, 0.6) is 0 Å². The minimum absolute atomic E-state index is 0.369. The zero-order valence-electron chi connectivity index (χ0n) is 6.61. The highest BCUT2D eigenvalue weighted by atomic mass is 35.6. The summed E-state index contributed by atoms with van der Waals surface area (Å²) in [6.07, 6.45) is 2.39. The summed E-state index contributed by atoms with van der Waals surface area (Å²) in [6.45, 7) is 0. The number of carbonyl (C=O) groups excluding carboxylic acids is 1. The minimum Gasteiger partial charge on any atom is -0.366 e. The van der Waals surface area contributed by atoms with Gasteiger partial charge in [-0.3, -0.25) is 4.79 Å². The summed E-state index contributed by atoms with van der Waals surface area (Å²) >= 11 is 20.6. The maximum absolute atomic E-state index is 10.9. The summed E-state index contributed by atoms with van der Waals surface area (Å²) in [7, 11) is 1.64. The van der Waals surface area contributed by atoms with Gasteiger partial charge in [0.2, 0.25) is 5.78 Å². The fourth-order valence-corrected chi connectivity index (χ4v) is 0.617. The van der Waals surface area contributed by atoms with Gasteiger partial charge in [0.15, 0.2) is 5.11 Å². The molecule has 0 saturated heterocycles. The summed E-state index contributed by atoms with van der Waals surface area (Å²) in [5, 5.41) is 5.58. The van der Waals surface area contributed by atoms with E-state index in [4.69, 9.17) is 47.0 Å². The van der Waals surface area contributed by atoms with Gasteiger partial charge in [0.1, 0.15) is 0 Å². The largest absolute Gasteiger partial charge is 0.366 e. The molecule has 0 amide bonds. The fourth-order valence-electron chi connectivity index (χ4n) is 0.360. The highest BCUT2D eigenvalue weighted by Crippen LogP contribution is 2.27. The minimum atomic E-state index is -1.92. The molecule has 0 aliphatic heterocycles. The van der Waals surface area contributed by atoms with E-state index >= 15 is 0 Å². The normalized spacial score (nSPS) is 11.4. The lowest BCUT2D eigenvalue weighted by Crippen LogP contribution is -2.28. The summed E-state index contributed by atoms with van der Waals surface area (Å²) in [6, 6.07) is 0. The third-order valence-corrected chi connectivity index (χ3v) is 1.84. The maximum atomic E-state index is 10.9. The Morgan fingerprint density at radius 2 is 2.00 bits per heavy atom. The van der Waals surface area contributed by atoms with Crippen LogP contribution in [0.1, 0.15) is 0 Å². The van der Waals surface area contributed by atoms with Gasteiger partial charge in [0.25, 0.3) is 3.79 Å². The number of allylic oxidation sites excluding steroid dienone is 1. The van der Waals surface area contributed by atoms with Gasteiger partial charge in [0.05, 0.1) is 0 Å². The van der Waals surface area contributed by atoms with E-state index in [0.29, 0.717) is 5.11 Å². The number of thiocarbonyl (C=S) groups is 1. The van der Waals surface area contributed by atoms with Gasteiger partial charge in [-0.05, 0) is 12.2 Å². The van der Waals surface area contributed by atoms with Crippen molar-refractivity contribution in [3.63, 3.8) is 0 Å². The molecule has 0 bridgehead atoms. The van der Waals surface area contributed by atoms with Crippen LogP contribution in [-0.4, -0.2) is 21.7 Å². The molecule has 0 aromatic rings. The van der Waals surface area contributed by atoms with Crippen molar-refractivity contribution in [2.24, 2.45) is 0 Å². The second-order valence-electron chi connectivity index (χ2n) is 1.92. The second-order valence-corrected chi connectivity index (χ2v) is 4.61. The van der Waals surface area contributed by atoms with Crippen LogP contribution in [0.4, 0.5) is 0 Å². The zero-order valence-corrected chi connectivity index (χ0v) is 9.69. The van der Waals surface area contributed by atoms with E-state index in [0.717, 1.165) is 6.08 Å². The number of halogens is 3. The van der Waals surface area contributed by atoms with Crippen LogP contribution in [0, 0.1) is 0 Å². The summed E-state index contributed by atoms with van der Waals surface area (Å²) in [5.74, 6) is -0.635. The molecule has 74 valence electrons. The Hall–Kier alpha value is -0.0300. The number of ketones is 1. The number of hydrogen-bond acceptors (Lipinski definition) is 2. The van der Waals surface area contributed by atoms with E-state index in [1.54, 1.807) is 7.05 Å². The molecule has 0 unspecified atom stereocenters. The highest BCUT2D eigenvalue weighted by molar-refractivity contribution is 7.80. The first-order valence-corrected chi connectivity index (χ1v) is 4.68. The van der Waals surface area contributed by atoms with Crippen molar-refractivity contribution in [1.29, 1.82) is 0 Å². The molecule has 2 N–H and O–H groups in total. The SMILES string of the molecule is CNC(=S)N/C=C\C(=O)C(Cl)(Cl)Cl. The molecule has 0 rings (SSSR count). The van der Waals surface area contributed by atoms with Crippen molar-refractivity contribution in [2.75, 3.05) is 7.05 Å². The van der Waals surface area contributed by atoms with Crippen molar-refractivity contribution >= 4 is 57.9 Å². The number of alkyl halides is 3. The molecular weight excluding hydrogens is 255 g/mol. The van der Waals surface area contributed by atoms with Crippen LogP contribution in [0.25, 0.3) is 0 Å². The Morgan fingerprint density at radius 1 is 1.46 bits per heavy atom. The summed E-state index contributed by atoms with van der Waals surface area (Å²) in [5.41, 5.74) is 0. The lowest BCUT2D eigenvalue weighted by molar-refractivity contribution is -0.113. The van der Waals surface area contributed by atoms with Crippen molar-refractivity contribution in [1.82, 2.24) is 10.6 Å². The molecule has 0 aliphatic rings. The predicted molar refractivity (Wildman–Crippen MR) is 59.2 cm³/mol. The molecule has 0 aromatic heterocycles. The number of carbonyl (C=O) groups is 1. The van der Waals surface area contributed by atoms with Crippen LogP contribution in [0.15, 0.2) is 12.3 Å². The Morgan fingerprint density at radius 3 is 2.38 bits per heavy atom. The fraction of sp³-hybridized carbons (Fsp3) is 0.333. The Balaban J connectivity index is 4.00. The smallest absolute Gasteiger partial charge is 0.252 e. The highest BCUT2D eigenvalue weighted by Gasteiger charge is 2.27. The number of hydrogen-bond donors (Lipinski definition) is 2. The molecule has 0 radical (unpaired) electrons. The van der Waals surface area contributed by atoms with Gasteiger partial charge in [-0.15, -0.1) is 0 Å². The molecule has 13 heavy (non-hydrogen) atoms. The second kappa shape index (κ2) is 5.65. The first-order chi connectivity index (χ1) is 5.88. The third kappa shape index (κ3) is 6.10. The molecule has 0 aliphatic carbocycles. The molecule has 0 spiro atoms. The Kier molecular flexibility index (Phi) is 5.64. The molecular formula is C6H7Cl3N2OS. The van der Waals surface area contributed by atoms with Gasteiger partial charge in [-0.25, -0.2) is 0 Å². The van der Waals surface area contributed by atoms with E-state index in [1.165, 1.54) is 6.20 Å². The van der Waals surface area contributed by atoms with E-state index in [9.17, 15) is 4.79 Å². The van der Waals surface area contributed by atoms with Crippen molar-refractivity contribution in [3.05, 3.63) is 12.3 Å². The van der Waals surface area contributed by atoms with Crippen molar-refractivity contribution in [3.8, 4) is 0 Å². The van der Waals surface area contributed by atoms with E-state index in [-0.39, 0.29) is 0 Å². The molecule has 3 nitrogen and oxygen atoms in total. The van der Waals surface area contributed by atoms with E-state index in [2.05, 4.69) is 10.6 Å². The topological polar surface area (TPSA) is 41.1 Å². The van der Waals surface area contributed by atoms with Crippen LogP contribution < -0.4 is 10.6 Å². The van der Waals surface area contributed by atoms with Crippen LogP contribution in [0.2, 0.25) is 0 Å². The quantitative estimate of drug-likeness (QED) is 0.449. The van der Waals surface area contributed by atoms with Crippen molar-refractivity contribution in [2.45, 2.75) is 3.79 Å². The van der Waals surface area contributed by atoms with Gasteiger partial charge < -0.3 is 10.6 Å². The predicted octanol–water partition coefficient (Wildman–Crippen LogP) is 1.53. The number of rotatable bonds is 2. The lowest BCUT2D eigenvalue weighted by Gasteiger charge is -2.05. The van der Waals surface area contributed by atoms with Gasteiger partial charge in [-0.2, -0.15) is 0 Å². The molecule has 0 atom stereocenters. The molecule has 0 heterocycles. The van der Waals surface area contributed by atoms with Gasteiger partial charge >= 0.3 is 0 Å². The summed E-state index contributed by atoms with van der Waals surface area (Å²) in [4.78, 5) is 10.9. The molecule has 0 fully saturated rings. The van der Waals surface area contributed by atoms with Gasteiger partial charge in [0, 0.05) is 19.3 Å². The number of nitrogens with one attached hydrogen (secondary N) is 2. The standard InChI is InChI=1S/C6H7Cl3N2OS/c1-10-5(13)11-3-2-4(12)6(7,8)9/h2-3H,1H3,(H2,10,11,13)/b3-2-. The molecule has 0 saturated carbocycles. The van der Waals surface area contributed by atoms with Crippen LogP contribution in [0.3, 0.4) is 0 Å².